The number of benzene rings is 3. The normalized spacial score (nSPS) is 13.5. The molecule has 3 aromatic rings. The van der Waals surface area contributed by atoms with Gasteiger partial charge in [0, 0.05) is 48.1 Å². The molecule has 0 unspecified atom stereocenters. The molecule has 3 aromatic carbocycles. The first-order valence-electron chi connectivity index (χ1n) is 10.5. The summed E-state index contributed by atoms with van der Waals surface area (Å²) < 4.78 is 5.10. The average molecular weight is 466 g/mol. The number of methoxy groups -OCH3 is 1. The fourth-order valence-electron chi connectivity index (χ4n) is 3.85. The molecule has 0 bridgehead atoms. The van der Waals surface area contributed by atoms with Crippen LogP contribution in [0.3, 0.4) is 0 Å². The summed E-state index contributed by atoms with van der Waals surface area (Å²) in [6, 6.07) is 19.5. The number of hydrogen-bond acceptors (Lipinski definition) is 5. The summed E-state index contributed by atoms with van der Waals surface area (Å²) in [7, 11) is 1.55. The lowest BCUT2D eigenvalue weighted by Gasteiger charge is -2.37. The highest BCUT2D eigenvalue weighted by molar-refractivity contribution is 6.30. The standard InChI is InChI=1S/C25H24ClN3O4/c1-33-21-8-5-17(6-9-21)24(30)27-23-10-7-20(16-22(23)25(31)32)29-13-11-28(12-14-29)19-4-2-3-18(26)15-19/h2-10,15-16H,11-14H2,1H3,(H,27,30)(H,31,32). The van der Waals surface area contributed by atoms with E-state index in [1.807, 2.05) is 30.3 Å². The number of halogens is 1. The summed E-state index contributed by atoms with van der Waals surface area (Å²) in [5.74, 6) is -0.847. The van der Waals surface area contributed by atoms with Gasteiger partial charge >= 0.3 is 5.97 Å². The lowest BCUT2D eigenvalue weighted by molar-refractivity contribution is 0.0698. The van der Waals surface area contributed by atoms with E-state index < -0.39 is 5.97 Å². The Hall–Kier alpha value is -3.71. The van der Waals surface area contributed by atoms with Crippen molar-refractivity contribution in [3.8, 4) is 5.75 Å². The molecule has 2 N–H and O–H groups in total. The Morgan fingerprint density at radius 1 is 0.909 bits per heavy atom. The molecule has 170 valence electrons. The van der Waals surface area contributed by atoms with Crippen molar-refractivity contribution in [1.29, 1.82) is 0 Å². The predicted octanol–water partition coefficient (Wildman–Crippen LogP) is 4.63. The number of rotatable bonds is 6. The van der Waals surface area contributed by atoms with E-state index in [0.717, 1.165) is 37.6 Å². The smallest absolute Gasteiger partial charge is 0.337 e. The van der Waals surface area contributed by atoms with E-state index in [9.17, 15) is 14.7 Å². The van der Waals surface area contributed by atoms with Crippen molar-refractivity contribution in [3.05, 3.63) is 82.9 Å². The molecule has 1 aliphatic heterocycles. The number of hydrogen-bond donors (Lipinski definition) is 2. The third kappa shape index (κ3) is 5.21. The molecule has 33 heavy (non-hydrogen) atoms. The quantitative estimate of drug-likeness (QED) is 0.552. The molecule has 1 saturated heterocycles. The molecule has 1 aliphatic rings. The number of carbonyl (C=O) groups is 2. The zero-order valence-corrected chi connectivity index (χ0v) is 18.9. The van der Waals surface area contributed by atoms with E-state index >= 15 is 0 Å². The van der Waals surface area contributed by atoms with Crippen LogP contribution in [0.2, 0.25) is 5.02 Å². The van der Waals surface area contributed by atoms with E-state index in [0.29, 0.717) is 16.3 Å². The second-order valence-electron chi connectivity index (χ2n) is 7.67. The zero-order valence-electron chi connectivity index (χ0n) is 18.1. The molecule has 0 aliphatic carbocycles. The maximum atomic E-state index is 12.6. The second kappa shape index (κ2) is 9.83. The number of carbonyl (C=O) groups excluding carboxylic acids is 1. The molecule has 0 atom stereocenters. The molecule has 0 aromatic heterocycles. The van der Waals surface area contributed by atoms with Gasteiger partial charge < -0.3 is 25.0 Å². The van der Waals surface area contributed by atoms with Crippen molar-refractivity contribution in [2.75, 3.05) is 48.4 Å². The van der Waals surface area contributed by atoms with Crippen LogP contribution in [0.25, 0.3) is 0 Å². The first kappa shape index (κ1) is 22.5. The highest BCUT2D eigenvalue weighted by atomic mass is 35.5. The van der Waals surface area contributed by atoms with Crippen LogP contribution in [0.5, 0.6) is 5.75 Å². The number of aromatic carboxylic acids is 1. The average Bonchev–Trinajstić information content (AvgIpc) is 2.84. The fourth-order valence-corrected chi connectivity index (χ4v) is 4.03. The highest BCUT2D eigenvalue weighted by Gasteiger charge is 2.21. The molecule has 8 heteroatoms. The number of piperazine rings is 1. The van der Waals surface area contributed by atoms with Gasteiger partial charge in [-0.25, -0.2) is 4.79 Å². The van der Waals surface area contributed by atoms with E-state index in [4.69, 9.17) is 16.3 Å². The number of ether oxygens (including phenoxy) is 1. The number of nitrogens with one attached hydrogen (secondary N) is 1. The Morgan fingerprint density at radius 3 is 2.12 bits per heavy atom. The van der Waals surface area contributed by atoms with Gasteiger partial charge in [-0.3, -0.25) is 4.79 Å². The number of nitrogens with zero attached hydrogens (tertiary/aromatic N) is 2. The van der Waals surface area contributed by atoms with Crippen molar-refractivity contribution in [3.63, 3.8) is 0 Å². The van der Waals surface area contributed by atoms with Gasteiger partial charge in [0.15, 0.2) is 0 Å². The molecule has 0 radical (unpaired) electrons. The molecule has 1 heterocycles. The predicted molar refractivity (Wildman–Crippen MR) is 130 cm³/mol. The van der Waals surface area contributed by atoms with Crippen LogP contribution in [-0.4, -0.2) is 50.3 Å². The third-order valence-electron chi connectivity index (χ3n) is 5.65. The lowest BCUT2D eigenvalue weighted by Crippen LogP contribution is -2.46. The minimum absolute atomic E-state index is 0.0478. The minimum atomic E-state index is -1.10. The van der Waals surface area contributed by atoms with Crippen molar-refractivity contribution in [2.24, 2.45) is 0 Å². The van der Waals surface area contributed by atoms with Crippen LogP contribution >= 0.6 is 11.6 Å². The van der Waals surface area contributed by atoms with Gasteiger partial charge in [-0.15, -0.1) is 0 Å². The Labute approximate surface area is 197 Å². The number of anilines is 3. The monoisotopic (exact) mass is 465 g/mol. The van der Waals surface area contributed by atoms with Crippen LogP contribution in [0.1, 0.15) is 20.7 Å². The number of amides is 1. The molecule has 0 spiro atoms. The number of carboxylic acid groups (broad SMARTS) is 1. The Morgan fingerprint density at radius 2 is 1.55 bits per heavy atom. The number of carboxylic acids is 1. The van der Waals surface area contributed by atoms with Gasteiger partial charge in [-0.1, -0.05) is 17.7 Å². The van der Waals surface area contributed by atoms with Crippen molar-refractivity contribution < 1.29 is 19.4 Å². The highest BCUT2D eigenvalue weighted by Crippen LogP contribution is 2.27. The molecule has 4 rings (SSSR count). The summed E-state index contributed by atoms with van der Waals surface area (Å²) in [5, 5.41) is 13.2. The molecular formula is C25H24ClN3O4. The van der Waals surface area contributed by atoms with Crippen molar-refractivity contribution in [1.82, 2.24) is 0 Å². The van der Waals surface area contributed by atoms with Crippen LogP contribution in [-0.2, 0) is 0 Å². The first-order valence-corrected chi connectivity index (χ1v) is 10.9. The van der Waals surface area contributed by atoms with Gasteiger partial charge in [0.05, 0.1) is 18.4 Å². The van der Waals surface area contributed by atoms with Crippen LogP contribution in [0, 0.1) is 0 Å². The van der Waals surface area contributed by atoms with Crippen molar-refractivity contribution in [2.45, 2.75) is 0 Å². The Kier molecular flexibility index (Phi) is 6.70. The summed E-state index contributed by atoms with van der Waals surface area (Å²) in [5.41, 5.74) is 2.59. The van der Waals surface area contributed by atoms with E-state index in [1.54, 1.807) is 43.5 Å². The molecule has 7 nitrogen and oxygen atoms in total. The first-order chi connectivity index (χ1) is 15.9. The lowest BCUT2D eigenvalue weighted by atomic mass is 10.1. The van der Waals surface area contributed by atoms with Gasteiger partial charge in [-0.2, -0.15) is 0 Å². The molecule has 0 saturated carbocycles. The topological polar surface area (TPSA) is 82.1 Å². The van der Waals surface area contributed by atoms with Crippen LogP contribution in [0.15, 0.2) is 66.7 Å². The largest absolute Gasteiger partial charge is 0.497 e. The van der Waals surface area contributed by atoms with Gasteiger partial charge in [0.25, 0.3) is 5.91 Å². The summed E-state index contributed by atoms with van der Waals surface area (Å²) >= 11 is 6.11. The van der Waals surface area contributed by atoms with Crippen LogP contribution < -0.4 is 19.9 Å². The second-order valence-corrected chi connectivity index (χ2v) is 8.11. The van der Waals surface area contributed by atoms with E-state index in [2.05, 4.69) is 15.1 Å². The zero-order chi connectivity index (χ0) is 23.4. The van der Waals surface area contributed by atoms with Gasteiger partial charge in [0.1, 0.15) is 5.75 Å². The molecular weight excluding hydrogens is 442 g/mol. The van der Waals surface area contributed by atoms with E-state index in [-0.39, 0.29) is 17.2 Å². The summed E-state index contributed by atoms with van der Waals surface area (Å²) in [6.07, 6.45) is 0. The molecule has 1 fully saturated rings. The maximum Gasteiger partial charge on any atom is 0.337 e. The SMILES string of the molecule is COc1ccc(C(=O)Nc2ccc(N3CCN(c4cccc(Cl)c4)CC3)cc2C(=O)O)cc1. The maximum absolute atomic E-state index is 12.6. The summed E-state index contributed by atoms with van der Waals surface area (Å²) in [6.45, 7) is 3.06. The molecule has 1 amide bonds. The minimum Gasteiger partial charge on any atom is -0.497 e. The Balaban J connectivity index is 1.47. The van der Waals surface area contributed by atoms with Crippen LogP contribution in [0.4, 0.5) is 17.1 Å². The third-order valence-corrected chi connectivity index (χ3v) is 5.89. The fraction of sp³-hybridized carbons (Fsp3) is 0.200. The van der Waals surface area contributed by atoms with E-state index in [1.165, 1.54) is 0 Å². The van der Waals surface area contributed by atoms with Crippen molar-refractivity contribution >= 4 is 40.5 Å². The van der Waals surface area contributed by atoms with Gasteiger partial charge in [0.2, 0.25) is 0 Å². The van der Waals surface area contributed by atoms with Gasteiger partial charge in [-0.05, 0) is 60.7 Å². The summed E-state index contributed by atoms with van der Waals surface area (Å²) in [4.78, 5) is 28.9. The Bertz CT molecular complexity index is 1160.